The Bertz CT molecular complexity index is 643. The smallest absolute Gasteiger partial charge is 0.253 e. The van der Waals surface area contributed by atoms with Gasteiger partial charge in [0.25, 0.3) is 5.91 Å². The minimum atomic E-state index is -0.920. The highest BCUT2D eigenvalue weighted by molar-refractivity contribution is 7.84. The van der Waals surface area contributed by atoms with Crippen molar-refractivity contribution in [3.63, 3.8) is 0 Å². The molecule has 2 aromatic rings. The van der Waals surface area contributed by atoms with Gasteiger partial charge in [0.1, 0.15) is 5.82 Å². The van der Waals surface area contributed by atoms with E-state index in [4.69, 9.17) is 5.73 Å². The number of carbonyl (C=O) groups excluding carboxylic acids is 1. The Kier molecular flexibility index (Phi) is 4.11. The van der Waals surface area contributed by atoms with Crippen LogP contribution in [0.3, 0.4) is 0 Å². The highest BCUT2D eigenvalue weighted by Crippen LogP contribution is 2.22. The van der Waals surface area contributed by atoms with Crippen molar-refractivity contribution in [1.29, 1.82) is 0 Å². The van der Waals surface area contributed by atoms with E-state index >= 15 is 0 Å². The zero-order valence-electron chi connectivity index (χ0n) is 10.6. The number of hydrogen-bond donors (Lipinski definition) is 2. The SMILES string of the molecule is CS(=O)CCNC(=O)c1cnc(N)c2ccccc12. The fraction of sp³-hybridized carbons (Fsp3) is 0.231. The number of nitrogens with two attached hydrogens (primary N) is 1. The van der Waals surface area contributed by atoms with Crippen molar-refractivity contribution in [3.8, 4) is 0 Å². The normalized spacial score (nSPS) is 12.3. The number of fused-ring (bicyclic) bond motifs is 1. The van der Waals surface area contributed by atoms with E-state index in [1.807, 2.05) is 24.3 Å². The minimum absolute atomic E-state index is 0.228. The van der Waals surface area contributed by atoms with Gasteiger partial charge in [-0.25, -0.2) is 4.98 Å². The lowest BCUT2D eigenvalue weighted by Gasteiger charge is -2.08. The van der Waals surface area contributed by atoms with Crippen LogP contribution >= 0.6 is 0 Å². The summed E-state index contributed by atoms with van der Waals surface area (Å²) in [5.41, 5.74) is 6.26. The minimum Gasteiger partial charge on any atom is -0.383 e. The van der Waals surface area contributed by atoms with Crippen LogP contribution in [0.1, 0.15) is 10.4 Å². The first-order valence-corrected chi connectivity index (χ1v) is 7.53. The molecule has 1 unspecified atom stereocenters. The molecule has 0 aliphatic heterocycles. The van der Waals surface area contributed by atoms with Gasteiger partial charge in [-0.1, -0.05) is 24.3 Å². The molecule has 6 heteroatoms. The summed E-state index contributed by atoms with van der Waals surface area (Å²) in [6.07, 6.45) is 3.07. The lowest BCUT2D eigenvalue weighted by atomic mass is 10.1. The summed E-state index contributed by atoms with van der Waals surface area (Å²) in [5, 5.41) is 4.26. The summed E-state index contributed by atoms with van der Waals surface area (Å²) in [6, 6.07) is 7.36. The molecule has 1 amide bonds. The van der Waals surface area contributed by atoms with Gasteiger partial charge in [0.15, 0.2) is 0 Å². The van der Waals surface area contributed by atoms with E-state index < -0.39 is 10.8 Å². The first kappa shape index (κ1) is 13.5. The van der Waals surface area contributed by atoms with Crippen LogP contribution in [0.2, 0.25) is 0 Å². The summed E-state index contributed by atoms with van der Waals surface area (Å²) < 4.78 is 10.9. The van der Waals surface area contributed by atoms with Crippen molar-refractivity contribution in [2.24, 2.45) is 0 Å². The zero-order chi connectivity index (χ0) is 13.8. The average Bonchev–Trinajstić information content (AvgIpc) is 2.39. The summed E-state index contributed by atoms with van der Waals surface area (Å²) in [6.45, 7) is 0.376. The Labute approximate surface area is 113 Å². The van der Waals surface area contributed by atoms with Gasteiger partial charge < -0.3 is 11.1 Å². The van der Waals surface area contributed by atoms with Gasteiger partial charge in [-0.2, -0.15) is 0 Å². The number of amides is 1. The monoisotopic (exact) mass is 277 g/mol. The molecule has 1 aromatic heterocycles. The third-order valence-corrected chi connectivity index (χ3v) is 3.52. The maximum absolute atomic E-state index is 12.1. The first-order chi connectivity index (χ1) is 9.09. The number of pyridine rings is 1. The molecule has 0 saturated heterocycles. The number of carbonyl (C=O) groups is 1. The molecule has 0 spiro atoms. The maximum Gasteiger partial charge on any atom is 0.253 e. The molecule has 0 bridgehead atoms. The molecule has 5 nitrogen and oxygen atoms in total. The molecule has 100 valence electrons. The van der Waals surface area contributed by atoms with Crippen LogP contribution in [0.25, 0.3) is 10.8 Å². The number of nitrogens with zero attached hydrogens (tertiary/aromatic N) is 1. The second-order valence-corrected chi connectivity index (χ2v) is 5.69. The van der Waals surface area contributed by atoms with Crippen molar-refractivity contribution in [2.75, 3.05) is 24.3 Å². The molecule has 0 radical (unpaired) electrons. The van der Waals surface area contributed by atoms with Crippen LogP contribution in [-0.4, -0.2) is 33.7 Å². The van der Waals surface area contributed by atoms with Gasteiger partial charge in [-0.3, -0.25) is 9.00 Å². The second kappa shape index (κ2) is 5.79. The summed E-state index contributed by atoms with van der Waals surface area (Å²) in [7, 11) is -0.920. The summed E-state index contributed by atoms with van der Waals surface area (Å²) >= 11 is 0. The third kappa shape index (κ3) is 3.08. The molecule has 19 heavy (non-hydrogen) atoms. The molecule has 0 saturated carbocycles. The molecule has 2 rings (SSSR count). The standard InChI is InChI=1S/C13H15N3O2S/c1-19(18)7-6-15-13(17)11-8-16-12(14)10-5-3-2-4-9(10)11/h2-5,8H,6-7H2,1H3,(H2,14,16)(H,15,17). The van der Waals surface area contributed by atoms with Gasteiger partial charge in [0.2, 0.25) is 0 Å². The van der Waals surface area contributed by atoms with Crippen LogP contribution in [0, 0.1) is 0 Å². The Morgan fingerprint density at radius 2 is 2.05 bits per heavy atom. The first-order valence-electron chi connectivity index (χ1n) is 5.81. The van der Waals surface area contributed by atoms with Crippen LogP contribution in [0.4, 0.5) is 5.82 Å². The predicted molar refractivity (Wildman–Crippen MR) is 77.4 cm³/mol. The van der Waals surface area contributed by atoms with E-state index in [-0.39, 0.29) is 5.91 Å². The van der Waals surface area contributed by atoms with Crippen molar-refractivity contribution in [1.82, 2.24) is 10.3 Å². The molecule has 3 N–H and O–H groups in total. The van der Waals surface area contributed by atoms with Crippen molar-refractivity contribution >= 4 is 33.3 Å². The number of aromatic nitrogens is 1. The number of anilines is 1. The van der Waals surface area contributed by atoms with E-state index in [9.17, 15) is 9.00 Å². The lowest BCUT2D eigenvalue weighted by molar-refractivity contribution is 0.0957. The number of benzene rings is 1. The molecule has 0 aliphatic rings. The second-order valence-electron chi connectivity index (χ2n) is 4.14. The molecular weight excluding hydrogens is 262 g/mol. The molecule has 0 fully saturated rings. The molecule has 1 aromatic carbocycles. The number of nitrogen functional groups attached to an aromatic ring is 1. The Morgan fingerprint density at radius 1 is 1.37 bits per heavy atom. The lowest BCUT2D eigenvalue weighted by Crippen LogP contribution is -2.27. The van der Waals surface area contributed by atoms with E-state index in [0.717, 1.165) is 10.8 Å². The molecular formula is C13H15N3O2S. The Hall–Kier alpha value is -1.95. The fourth-order valence-corrected chi connectivity index (χ4v) is 2.19. The number of nitrogens with one attached hydrogen (secondary N) is 1. The van der Waals surface area contributed by atoms with Gasteiger partial charge >= 0.3 is 0 Å². The van der Waals surface area contributed by atoms with Crippen molar-refractivity contribution in [2.45, 2.75) is 0 Å². The van der Waals surface area contributed by atoms with Crippen LogP contribution in [0.15, 0.2) is 30.5 Å². The van der Waals surface area contributed by atoms with E-state index in [0.29, 0.717) is 23.7 Å². The molecule has 1 atom stereocenters. The Morgan fingerprint density at radius 3 is 2.74 bits per heavy atom. The fourth-order valence-electron chi connectivity index (χ4n) is 1.80. The number of rotatable bonds is 4. The maximum atomic E-state index is 12.1. The zero-order valence-corrected chi connectivity index (χ0v) is 11.4. The summed E-state index contributed by atoms with van der Waals surface area (Å²) in [4.78, 5) is 16.1. The van der Waals surface area contributed by atoms with Gasteiger partial charge in [-0.05, 0) is 5.39 Å². The van der Waals surface area contributed by atoms with Gasteiger partial charge in [0.05, 0.1) is 5.56 Å². The quantitative estimate of drug-likeness (QED) is 0.870. The van der Waals surface area contributed by atoms with Crippen molar-refractivity contribution < 1.29 is 9.00 Å². The molecule has 0 aliphatic carbocycles. The topological polar surface area (TPSA) is 85.1 Å². The van der Waals surface area contributed by atoms with Gasteiger partial charge in [0, 0.05) is 40.9 Å². The highest BCUT2D eigenvalue weighted by Gasteiger charge is 2.11. The van der Waals surface area contributed by atoms with Gasteiger partial charge in [-0.15, -0.1) is 0 Å². The highest BCUT2D eigenvalue weighted by atomic mass is 32.2. The third-order valence-electron chi connectivity index (χ3n) is 2.75. The van der Waals surface area contributed by atoms with Crippen LogP contribution in [-0.2, 0) is 10.8 Å². The number of hydrogen-bond acceptors (Lipinski definition) is 4. The van der Waals surface area contributed by atoms with E-state index in [1.165, 1.54) is 6.20 Å². The van der Waals surface area contributed by atoms with Crippen LogP contribution < -0.4 is 11.1 Å². The largest absolute Gasteiger partial charge is 0.383 e. The molecule has 1 heterocycles. The summed E-state index contributed by atoms with van der Waals surface area (Å²) in [5.74, 6) is 0.613. The Balaban J connectivity index is 2.27. The van der Waals surface area contributed by atoms with Crippen molar-refractivity contribution in [3.05, 3.63) is 36.0 Å². The predicted octanol–water partition coefficient (Wildman–Crippen LogP) is 0.925. The van der Waals surface area contributed by atoms with E-state index in [2.05, 4.69) is 10.3 Å². The average molecular weight is 277 g/mol. The van der Waals surface area contributed by atoms with E-state index in [1.54, 1.807) is 6.26 Å². The van der Waals surface area contributed by atoms with Crippen LogP contribution in [0.5, 0.6) is 0 Å².